The van der Waals surface area contributed by atoms with E-state index in [1.54, 1.807) is 6.20 Å². The molecular weight excluding hydrogens is 228 g/mol. The fourth-order valence-corrected chi connectivity index (χ4v) is 2.24. The third kappa shape index (κ3) is 3.57. The quantitative estimate of drug-likeness (QED) is 0.863. The number of hydrogen-bond donors (Lipinski definition) is 1. The Bertz CT molecular complexity index is 366. The maximum atomic E-state index is 5.51. The molecule has 1 N–H and O–H groups in total. The molecule has 5 heteroatoms. The molecule has 1 aromatic rings. The Balaban J connectivity index is 1.94. The van der Waals surface area contributed by atoms with Gasteiger partial charge >= 0.3 is 0 Å². The predicted molar refractivity (Wildman–Crippen MR) is 73.0 cm³/mol. The largest absolute Gasteiger partial charge is 0.381 e. The van der Waals surface area contributed by atoms with Crippen LogP contribution in [0.15, 0.2) is 12.3 Å². The van der Waals surface area contributed by atoms with Gasteiger partial charge in [0.25, 0.3) is 0 Å². The van der Waals surface area contributed by atoms with Gasteiger partial charge in [-0.3, -0.25) is 0 Å². The second kappa shape index (κ2) is 6.54. The summed E-state index contributed by atoms with van der Waals surface area (Å²) in [5, 5.41) is 3.13. The standard InChI is InChI=1S/C13H22N4O/c1-3-14-13-15-7-6-12(16-13)17(2)9-11-5-4-8-18-10-11/h6-7,11H,3-5,8-10H2,1-2H3,(H,14,15,16). The van der Waals surface area contributed by atoms with Gasteiger partial charge in [-0.2, -0.15) is 4.98 Å². The Morgan fingerprint density at radius 3 is 3.17 bits per heavy atom. The Morgan fingerprint density at radius 2 is 2.44 bits per heavy atom. The molecule has 0 saturated carbocycles. The fraction of sp³-hybridized carbons (Fsp3) is 0.692. The van der Waals surface area contributed by atoms with Gasteiger partial charge in [0.2, 0.25) is 5.95 Å². The lowest BCUT2D eigenvalue weighted by Gasteiger charge is -2.27. The van der Waals surface area contributed by atoms with E-state index in [4.69, 9.17) is 4.74 Å². The Kier molecular flexibility index (Phi) is 4.75. The van der Waals surface area contributed by atoms with Crippen LogP contribution < -0.4 is 10.2 Å². The molecule has 0 aromatic carbocycles. The second-order valence-electron chi connectivity index (χ2n) is 4.73. The van der Waals surface area contributed by atoms with E-state index in [1.165, 1.54) is 12.8 Å². The number of nitrogens with one attached hydrogen (secondary N) is 1. The molecule has 0 aliphatic carbocycles. The van der Waals surface area contributed by atoms with Crippen LogP contribution in [0.3, 0.4) is 0 Å². The summed E-state index contributed by atoms with van der Waals surface area (Å²) < 4.78 is 5.51. The summed E-state index contributed by atoms with van der Waals surface area (Å²) in [7, 11) is 2.08. The highest BCUT2D eigenvalue weighted by molar-refractivity contribution is 5.41. The highest BCUT2D eigenvalue weighted by atomic mass is 16.5. The summed E-state index contributed by atoms with van der Waals surface area (Å²) in [6, 6.07) is 1.95. The van der Waals surface area contributed by atoms with Gasteiger partial charge in [0.15, 0.2) is 0 Å². The average molecular weight is 250 g/mol. The first-order chi connectivity index (χ1) is 8.79. The zero-order valence-corrected chi connectivity index (χ0v) is 11.2. The van der Waals surface area contributed by atoms with Gasteiger partial charge < -0.3 is 15.0 Å². The second-order valence-corrected chi connectivity index (χ2v) is 4.73. The fourth-order valence-electron chi connectivity index (χ4n) is 2.24. The van der Waals surface area contributed by atoms with Gasteiger partial charge in [-0.1, -0.05) is 0 Å². The zero-order chi connectivity index (χ0) is 12.8. The first-order valence-electron chi connectivity index (χ1n) is 6.65. The van der Waals surface area contributed by atoms with Crippen molar-refractivity contribution in [3.8, 4) is 0 Å². The van der Waals surface area contributed by atoms with E-state index >= 15 is 0 Å². The normalized spacial score (nSPS) is 19.6. The van der Waals surface area contributed by atoms with Crippen LogP contribution in [-0.4, -0.2) is 43.3 Å². The molecule has 1 aliphatic rings. The maximum Gasteiger partial charge on any atom is 0.224 e. The van der Waals surface area contributed by atoms with Crippen molar-refractivity contribution in [1.29, 1.82) is 0 Å². The van der Waals surface area contributed by atoms with Crippen molar-refractivity contribution >= 4 is 11.8 Å². The van der Waals surface area contributed by atoms with Crippen LogP contribution in [0.2, 0.25) is 0 Å². The number of nitrogens with zero attached hydrogens (tertiary/aromatic N) is 3. The monoisotopic (exact) mass is 250 g/mol. The molecule has 18 heavy (non-hydrogen) atoms. The summed E-state index contributed by atoms with van der Waals surface area (Å²) in [5.41, 5.74) is 0. The van der Waals surface area contributed by atoms with Gasteiger partial charge in [-0.05, 0) is 31.7 Å². The average Bonchev–Trinajstić information content (AvgIpc) is 2.40. The molecular formula is C13H22N4O. The van der Waals surface area contributed by atoms with E-state index in [0.717, 1.165) is 32.1 Å². The number of hydrogen-bond acceptors (Lipinski definition) is 5. The van der Waals surface area contributed by atoms with Crippen LogP contribution in [0.1, 0.15) is 19.8 Å². The minimum atomic E-state index is 0.612. The molecule has 0 amide bonds. The van der Waals surface area contributed by atoms with Gasteiger partial charge in [-0.25, -0.2) is 4.98 Å². The minimum Gasteiger partial charge on any atom is -0.381 e. The first kappa shape index (κ1) is 13.1. The highest BCUT2D eigenvalue weighted by Gasteiger charge is 2.16. The van der Waals surface area contributed by atoms with Crippen molar-refractivity contribution in [1.82, 2.24) is 9.97 Å². The lowest BCUT2D eigenvalue weighted by Crippen LogP contribution is -2.31. The van der Waals surface area contributed by atoms with Crippen molar-refractivity contribution in [2.45, 2.75) is 19.8 Å². The molecule has 0 bridgehead atoms. The van der Waals surface area contributed by atoms with Crippen LogP contribution >= 0.6 is 0 Å². The molecule has 5 nitrogen and oxygen atoms in total. The topological polar surface area (TPSA) is 50.3 Å². The van der Waals surface area contributed by atoms with E-state index in [9.17, 15) is 0 Å². The van der Waals surface area contributed by atoms with E-state index in [1.807, 2.05) is 13.0 Å². The van der Waals surface area contributed by atoms with Crippen molar-refractivity contribution < 1.29 is 4.74 Å². The highest BCUT2D eigenvalue weighted by Crippen LogP contribution is 2.18. The van der Waals surface area contributed by atoms with Crippen LogP contribution in [0, 0.1) is 5.92 Å². The molecule has 0 radical (unpaired) electrons. The summed E-state index contributed by atoms with van der Waals surface area (Å²) in [6.45, 7) is 5.65. The molecule has 1 aromatic heterocycles. The van der Waals surface area contributed by atoms with Gasteiger partial charge in [0.05, 0.1) is 6.61 Å². The lowest BCUT2D eigenvalue weighted by molar-refractivity contribution is 0.0576. The predicted octanol–water partition coefficient (Wildman–Crippen LogP) is 1.77. The molecule has 100 valence electrons. The van der Waals surface area contributed by atoms with Crippen molar-refractivity contribution in [2.24, 2.45) is 5.92 Å². The summed E-state index contributed by atoms with van der Waals surface area (Å²) >= 11 is 0. The van der Waals surface area contributed by atoms with E-state index in [-0.39, 0.29) is 0 Å². The summed E-state index contributed by atoms with van der Waals surface area (Å²) in [6.07, 6.45) is 4.22. The summed E-state index contributed by atoms with van der Waals surface area (Å²) in [5.74, 6) is 2.27. The lowest BCUT2D eigenvalue weighted by atomic mass is 10.0. The van der Waals surface area contributed by atoms with Crippen LogP contribution in [-0.2, 0) is 4.74 Å². The third-order valence-electron chi connectivity index (χ3n) is 3.15. The van der Waals surface area contributed by atoms with Crippen LogP contribution in [0.4, 0.5) is 11.8 Å². The minimum absolute atomic E-state index is 0.612. The Hall–Kier alpha value is -1.36. The van der Waals surface area contributed by atoms with Crippen molar-refractivity contribution in [3.05, 3.63) is 12.3 Å². The SMILES string of the molecule is CCNc1nccc(N(C)CC2CCCOC2)n1. The number of anilines is 2. The van der Waals surface area contributed by atoms with Crippen LogP contribution in [0.25, 0.3) is 0 Å². The number of ether oxygens (including phenoxy) is 1. The third-order valence-corrected chi connectivity index (χ3v) is 3.15. The molecule has 1 atom stereocenters. The first-order valence-corrected chi connectivity index (χ1v) is 6.65. The molecule has 1 saturated heterocycles. The molecule has 1 aliphatic heterocycles. The van der Waals surface area contributed by atoms with E-state index in [0.29, 0.717) is 11.9 Å². The van der Waals surface area contributed by atoms with Gasteiger partial charge in [0.1, 0.15) is 5.82 Å². The van der Waals surface area contributed by atoms with E-state index in [2.05, 4.69) is 27.2 Å². The molecule has 0 spiro atoms. The smallest absolute Gasteiger partial charge is 0.224 e. The van der Waals surface area contributed by atoms with Crippen molar-refractivity contribution in [3.63, 3.8) is 0 Å². The Labute approximate surface area is 109 Å². The number of rotatable bonds is 5. The number of aromatic nitrogens is 2. The maximum absolute atomic E-state index is 5.51. The van der Waals surface area contributed by atoms with Gasteiger partial charge in [-0.15, -0.1) is 0 Å². The molecule has 2 rings (SSSR count). The van der Waals surface area contributed by atoms with E-state index < -0.39 is 0 Å². The molecule has 1 unspecified atom stereocenters. The molecule has 2 heterocycles. The Morgan fingerprint density at radius 1 is 1.56 bits per heavy atom. The summed E-state index contributed by atoms with van der Waals surface area (Å²) in [4.78, 5) is 10.9. The van der Waals surface area contributed by atoms with Gasteiger partial charge in [0, 0.05) is 32.9 Å². The zero-order valence-electron chi connectivity index (χ0n) is 11.2. The molecule has 1 fully saturated rings. The van der Waals surface area contributed by atoms with Crippen LogP contribution in [0.5, 0.6) is 0 Å². The van der Waals surface area contributed by atoms with Crippen molar-refractivity contribution in [2.75, 3.05) is 43.6 Å².